The summed E-state index contributed by atoms with van der Waals surface area (Å²) in [6.45, 7) is 0. The van der Waals surface area contributed by atoms with Crippen molar-refractivity contribution in [1.82, 2.24) is 20.3 Å². The zero-order chi connectivity index (χ0) is 16.9. The number of nitrogen functional groups attached to an aromatic ring is 1. The molecule has 3 rings (SSSR count). The van der Waals surface area contributed by atoms with E-state index in [0.717, 1.165) is 4.79 Å². The van der Waals surface area contributed by atoms with E-state index in [1.807, 2.05) is 18.2 Å². The fraction of sp³-hybridized carbons (Fsp3) is 0.0625. The Labute approximate surface area is 137 Å². The molecule has 1 aromatic heterocycles. The van der Waals surface area contributed by atoms with E-state index < -0.39 is 0 Å². The summed E-state index contributed by atoms with van der Waals surface area (Å²) in [4.78, 5) is 13.7. The number of benzene rings is 2. The van der Waals surface area contributed by atoms with Crippen LogP contribution >= 0.6 is 0 Å². The molecule has 2 aromatic carbocycles. The van der Waals surface area contributed by atoms with Crippen LogP contribution in [0.5, 0.6) is 5.75 Å². The van der Waals surface area contributed by atoms with E-state index in [-0.39, 0.29) is 11.7 Å². The number of carbonyl (C=O) groups is 1. The summed E-state index contributed by atoms with van der Waals surface area (Å²) in [6, 6.07) is 14.2. The first-order valence-electron chi connectivity index (χ1n) is 7.05. The number of carbonyl (C=O) groups excluding carboxylic acids is 1. The van der Waals surface area contributed by atoms with E-state index in [1.54, 1.807) is 30.3 Å². The van der Waals surface area contributed by atoms with Gasteiger partial charge in [-0.25, -0.2) is 0 Å². The number of ether oxygens (including phenoxy) is 1. The molecule has 0 unspecified atom stereocenters. The van der Waals surface area contributed by atoms with Crippen molar-refractivity contribution in [3.05, 3.63) is 65.2 Å². The van der Waals surface area contributed by atoms with Crippen molar-refractivity contribution in [2.45, 2.75) is 0 Å². The van der Waals surface area contributed by atoms with Gasteiger partial charge >= 0.3 is 0 Å². The summed E-state index contributed by atoms with van der Waals surface area (Å²) in [5, 5.41) is 14.6. The maximum atomic E-state index is 12.6. The lowest BCUT2D eigenvalue weighted by molar-refractivity contribution is 0.103. The van der Waals surface area contributed by atoms with Gasteiger partial charge in [0, 0.05) is 5.56 Å². The fourth-order valence-corrected chi connectivity index (χ4v) is 2.11. The van der Waals surface area contributed by atoms with Crippen LogP contribution in [0.25, 0.3) is 0 Å². The quantitative estimate of drug-likeness (QED) is 0.561. The van der Waals surface area contributed by atoms with Gasteiger partial charge < -0.3 is 10.5 Å². The molecule has 0 amide bonds. The Hall–Kier alpha value is -3.55. The second-order valence-corrected chi connectivity index (χ2v) is 4.83. The Morgan fingerprint density at radius 2 is 2.04 bits per heavy atom. The molecule has 0 radical (unpaired) electrons. The van der Waals surface area contributed by atoms with E-state index in [0.29, 0.717) is 22.4 Å². The first-order valence-corrected chi connectivity index (χ1v) is 7.05. The molecule has 0 aliphatic rings. The predicted octanol–water partition coefficient (Wildman–Crippen LogP) is 1.38. The number of tetrazole rings is 1. The van der Waals surface area contributed by atoms with E-state index in [9.17, 15) is 4.79 Å². The maximum absolute atomic E-state index is 12.6. The van der Waals surface area contributed by atoms with Gasteiger partial charge in [-0.15, -0.1) is 0 Å². The van der Waals surface area contributed by atoms with Crippen LogP contribution in [-0.4, -0.2) is 39.4 Å². The van der Waals surface area contributed by atoms with Crippen molar-refractivity contribution in [2.75, 3.05) is 12.8 Å². The second-order valence-electron chi connectivity index (χ2n) is 4.83. The molecule has 0 aliphatic carbocycles. The standard InChI is InChI=1S/C16H14N6O2/c1-24-14-9-11(10-18-22-16(17)19-20-21-22)7-8-13(14)15(23)12-5-3-2-4-6-12/h2-10H,1H3,(H2,17,19,21)/b18-10-. The zero-order valence-electron chi connectivity index (χ0n) is 12.8. The molecule has 0 spiro atoms. The Morgan fingerprint density at radius 1 is 1.25 bits per heavy atom. The highest BCUT2D eigenvalue weighted by Crippen LogP contribution is 2.22. The smallest absolute Gasteiger partial charge is 0.263 e. The van der Waals surface area contributed by atoms with Gasteiger partial charge in [-0.3, -0.25) is 4.79 Å². The Kier molecular flexibility index (Phi) is 4.28. The number of aromatic nitrogens is 4. The van der Waals surface area contributed by atoms with Crippen molar-refractivity contribution in [1.29, 1.82) is 0 Å². The van der Waals surface area contributed by atoms with Crippen LogP contribution in [0.1, 0.15) is 21.5 Å². The van der Waals surface area contributed by atoms with Crippen LogP contribution in [-0.2, 0) is 0 Å². The van der Waals surface area contributed by atoms with Crippen LogP contribution in [0.4, 0.5) is 5.95 Å². The van der Waals surface area contributed by atoms with E-state index >= 15 is 0 Å². The fourth-order valence-electron chi connectivity index (χ4n) is 2.11. The van der Waals surface area contributed by atoms with Gasteiger partial charge in [0.05, 0.1) is 18.9 Å². The topological polar surface area (TPSA) is 108 Å². The van der Waals surface area contributed by atoms with Gasteiger partial charge in [0.2, 0.25) is 0 Å². The molecule has 0 fully saturated rings. The first kappa shape index (κ1) is 15.3. The van der Waals surface area contributed by atoms with Crippen LogP contribution in [0, 0.1) is 0 Å². The molecule has 0 saturated heterocycles. The van der Waals surface area contributed by atoms with E-state index in [1.165, 1.54) is 13.3 Å². The highest BCUT2D eigenvalue weighted by molar-refractivity contribution is 6.11. The Morgan fingerprint density at radius 3 is 2.71 bits per heavy atom. The third-order valence-corrected chi connectivity index (χ3v) is 3.30. The summed E-state index contributed by atoms with van der Waals surface area (Å²) in [5.74, 6) is 0.423. The minimum atomic E-state index is -0.111. The molecule has 120 valence electrons. The maximum Gasteiger partial charge on any atom is 0.263 e. The zero-order valence-corrected chi connectivity index (χ0v) is 12.8. The van der Waals surface area contributed by atoms with Crippen molar-refractivity contribution in [3.63, 3.8) is 0 Å². The van der Waals surface area contributed by atoms with Gasteiger partial charge in [0.1, 0.15) is 5.75 Å². The van der Waals surface area contributed by atoms with Gasteiger partial charge in [-0.1, -0.05) is 46.3 Å². The normalized spacial score (nSPS) is 10.9. The van der Waals surface area contributed by atoms with Crippen molar-refractivity contribution >= 4 is 17.9 Å². The highest BCUT2D eigenvalue weighted by Gasteiger charge is 2.14. The van der Waals surface area contributed by atoms with Gasteiger partial charge in [0.25, 0.3) is 5.95 Å². The monoisotopic (exact) mass is 322 g/mol. The first-order chi connectivity index (χ1) is 11.7. The molecule has 0 saturated carbocycles. The largest absolute Gasteiger partial charge is 0.496 e. The lowest BCUT2D eigenvalue weighted by atomic mass is 10.0. The lowest BCUT2D eigenvalue weighted by Crippen LogP contribution is -2.05. The Bertz CT molecular complexity index is 889. The number of ketones is 1. The highest BCUT2D eigenvalue weighted by atomic mass is 16.5. The van der Waals surface area contributed by atoms with Crippen LogP contribution in [0.3, 0.4) is 0 Å². The average molecular weight is 322 g/mol. The Balaban J connectivity index is 1.90. The second kappa shape index (κ2) is 6.69. The summed E-state index contributed by atoms with van der Waals surface area (Å²) in [7, 11) is 1.51. The molecule has 1 heterocycles. The van der Waals surface area contributed by atoms with Crippen molar-refractivity contribution in [2.24, 2.45) is 5.10 Å². The number of rotatable bonds is 5. The van der Waals surface area contributed by atoms with Crippen LogP contribution in [0.2, 0.25) is 0 Å². The number of hydrogen-bond donors (Lipinski definition) is 1. The molecule has 0 aliphatic heterocycles. The third-order valence-electron chi connectivity index (χ3n) is 3.30. The molecule has 8 nitrogen and oxygen atoms in total. The minimum absolute atomic E-state index is 0.0779. The molecular weight excluding hydrogens is 308 g/mol. The van der Waals surface area contributed by atoms with E-state index in [2.05, 4.69) is 20.6 Å². The number of anilines is 1. The summed E-state index contributed by atoms with van der Waals surface area (Å²) in [6.07, 6.45) is 1.52. The average Bonchev–Trinajstić information content (AvgIpc) is 3.04. The minimum Gasteiger partial charge on any atom is -0.496 e. The SMILES string of the molecule is COc1cc(/C=N\n2nnnc2N)ccc1C(=O)c1ccccc1. The molecule has 24 heavy (non-hydrogen) atoms. The third kappa shape index (κ3) is 3.12. The van der Waals surface area contributed by atoms with Crippen LogP contribution in [0.15, 0.2) is 53.6 Å². The molecule has 0 atom stereocenters. The van der Waals surface area contributed by atoms with Gasteiger partial charge in [-0.05, 0) is 28.1 Å². The number of nitrogens with two attached hydrogens (primary N) is 1. The van der Waals surface area contributed by atoms with Gasteiger partial charge in [-0.2, -0.15) is 5.10 Å². The van der Waals surface area contributed by atoms with Crippen LogP contribution < -0.4 is 10.5 Å². The summed E-state index contributed by atoms with van der Waals surface area (Å²) in [5.41, 5.74) is 7.32. The molecule has 8 heteroatoms. The molecule has 3 aromatic rings. The van der Waals surface area contributed by atoms with Crippen molar-refractivity contribution < 1.29 is 9.53 Å². The van der Waals surface area contributed by atoms with Crippen molar-refractivity contribution in [3.8, 4) is 5.75 Å². The lowest BCUT2D eigenvalue weighted by Gasteiger charge is -2.08. The molecular formula is C16H14N6O2. The van der Waals surface area contributed by atoms with Gasteiger partial charge in [0.15, 0.2) is 5.78 Å². The molecule has 0 bridgehead atoms. The number of nitrogens with zero attached hydrogens (tertiary/aromatic N) is 5. The summed E-state index contributed by atoms with van der Waals surface area (Å²) >= 11 is 0. The number of methoxy groups -OCH3 is 1. The molecule has 2 N–H and O–H groups in total. The summed E-state index contributed by atoms with van der Waals surface area (Å²) < 4.78 is 5.34. The van der Waals surface area contributed by atoms with E-state index in [4.69, 9.17) is 10.5 Å². The number of hydrogen-bond acceptors (Lipinski definition) is 7. The predicted molar refractivity (Wildman–Crippen MR) is 88.1 cm³/mol.